The lowest BCUT2D eigenvalue weighted by molar-refractivity contribution is 0.0443. The molecule has 26 heavy (non-hydrogen) atoms. The highest BCUT2D eigenvalue weighted by Crippen LogP contribution is 2.25. The Bertz CT molecular complexity index is 711. The number of aromatic nitrogens is 3. The van der Waals surface area contributed by atoms with Gasteiger partial charge in [0, 0.05) is 51.0 Å². The number of nitrogens with zero attached hydrogens (tertiary/aromatic N) is 4. The molecular weight excluding hydrogens is 350 g/mol. The van der Waals surface area contributed by atoms with Crippen LogP contribution < -0.4 is 5.32 Å². The monoisotopic (exact) mass is 375 g/mol. The number of fused-ring (bicyclic) bond motifs is 1. The van der Waals surface area contributed by atoms with Crippen LogP contribution in [0.3, 0.4) is 0 Å². The third kappa shape index (κ3) is 4.13. The molecule has 0 radical (unpaired) electrons. The summed E-state index contributed by atoms with van der Waals surface area (Å²) >= 11 is 1.44. The normalized spacial score (nSPS) is 21.5. The second-order valence-corrected chi connectivity index (χ2v) is 7.81. The van der Waals surface area contributed by atoms with Crippen LogP contribution in [0.15, 0.2) is 23.2 Å². The summed E-state index contributed by atoms with van der Waals surface area (Å²) in [6.07, 6.45) is 5.07. The minimum atomic E-state index is -0.0955. The van der Waals surface area contributed by atoms with Crippen molar-refractivity contribution in [1.82, 2.24) is 25.0 Å². The number of ether oxygens (including phenoxy) is 1. The molecule has 140 valence electrons. The van der Waals surface area contributed by atoms with Crippen LogP contribution in [0.4, 0.5) is 0 Å². The number of carbonyl (C=O) groups excluding carboxylic acids is 1. The third-order valence-corrected chi connectivity index (χ3v) is 5.82. The number of rotatable bonds is 6. The summed E-state index contributed by atoms with van der Waals surface area (Å²) in [5.41, 5.74) is 3.44. The van der Waals surface area contributed by atoms with Crippen molar-refractivity contribution in [3.05, 3.63) is 34.5 Å². The van der Waals surface area contributed by atoms with E-state index in [2.05, 4.69) is 31.0 Å². The van der Waals surface area contributed by atoms with E-state index in [9.17, 15) is 4.79 Å². The molecule has 0 aliphatic carbocycles. The van der Waals surface area contributed by atoms with Crippen LogP contribution in [0.1, 0.15) is 41.5 Å². The highest BCUT2D eigenvalue weighted by atomic mass is 32.1. The van der Waals surface area contributed by atoms with Crippen LogP contribution in [0.5, 0.6) is 0 Å². The van der Waals surface area contributed by atoms with Crippen molar-refractivity contribution < 1.29 is 9.53 Å². The fraction of sp³-hybridized carbons (Fsp3) is 0.611. The maximum Gasteiger partial charge on any atom is 0.270 e. The Balaban J connectivity index is 1.33. The molecule has 1 fully saturated rings. The van der Waals surface area contributed by atoms with Gasteiger partial charge in [-0.25, -0.2) is 4.98 Å². The van der Waals surface area contributed by atoms with Gasteiger partial charge in [0.25, 0.3) is 5.91 Å². The molecule has 0 bridgehead atoms. The molecule has 7 nitrogen and oxygen atoms in total. The van der Waals surface area contributed by atoms with Crippen LogP contribution in [-0.4, -0.2) is 58.4 Å². The zero-order valence-corrected chi connectivity index (χ0v) is 15.7. The molecule has 1 amide bonds. The van der Waals surface area contributed by atoms with E-state index in [0.29, 0.717) is 18.3 Å². The summed E-state index contributed by atoms with van der Waals surface area (Å²) < 4.78 is 7.62. The summed E-state index contributed by atoms with van der Waals surface area (Å²) in [5.74, 6) is 0.630. The molecule has 1 unspecified atom stereocenters. The first kappa shape index (κ1) is 17.6. The SMILES string of the molecule is O=C(NCCC1CN(CC2CCOCC2)Cc2ccnn21)c1cscn1. The molecule has 2 aromatic rings. The van der Waals surface area contributed by atoms with E-state index in [1.165, 1.54) is 17.0 Å². The van der Waals surface area contributed by atoms with Gasteiger partial charge in [-0.2, -0.15) is 5.10 Å². The van der Waals surface area contributed by atoms with Crippen LogP contribution in [0.25, 0.3) is 0 Å². The van der Waals surface area contributed by atoms with E-state index >= 15 is 0 Å². The molecule has 0 saturated carbocycles. The van der Waals surface area contributed by atoms with Gasteiger partial charge in [0.2, 0.25) is 0 Å². The van der Waals surface area contributed by atoms with Crippen LogP contribution in [0, 0.1) is 5.92 Å². The smallest absolute Gasteiger partial charge is 0.270 e. The van der Waals surface area contributed by atoms with Gasteiger partial charge in [-0.15, -0.1) is 11.3 Å². The molecule has 2 aliphatic rings. The second-order valence-electron chi connectivity index (χ2n) is 7.09. The van der Waals surface area contributed by atoms with Gasteiger partial charge in [-0.3, -0.25) is 14.4 Å². The Morgan fingerprint density at radius 1 is 1.38 bits per heavy atom. The quantitative estimate of drug-likeness (QED) is 0.835. The molecule has 8 heteroatoms. The highest BCUT2D eigenvalue weighted by Gasteiger charge is 2.27. The van der Waals surface area contributed by atoms with E-state index < -0.39 is 0 Å². The second kappa shape index (κ2) is 8.28. The Labute approximate surface area is 157 Å². The molecule has 0 spiro atoms. The Morgan fingerprint density at radius 3 is 3.08 bits per heavy atom. The third-order valence-electron chi connectivity index (χ3n) is 5.24. The van der Waals surface area contributed by atoms with Crippen LogP contribution in [0.2, 0.25) is 0 Å². The van der Waals surface area contributed by atoms with E-state index in [1.54, 1.807) is 10.9 Å². The van der Waals surface area contributed by atoms with E-state index in [4.69, 9.17) is 4.74 Å². The zero-order chi connectivity index (χ0) is 17.8. The molecule has 1 saturated heterocycles. The van der Waals surface area contributed by atoms with Gasteiger partial charge in [-0.05, 0) is 31.2 Å². The first-order valence-corrected chi connectivity index (χ1v) is 10.2. The van der Waals surface area contributed by atoms with Gasteiger partial charge in [0.1, 0.15) is 5.69 Å². The summed E-state index contributed by atoms with van der Waals surface area (Å²) in [7, 11) is 0. The van der Waals surface area contributed by atoms with Crippen LogP contribution in [-0.2, 0) is 11.3 Å². The largest absolute Gasteiger partial charge is 0.381 e. The lowest BCUT2D eigenvalue weighted by Crippen LogP contribution is -2.42. The maximum absolute atomic E-state index is 12.1. The van der Waals surface area contributed by atoms with Crippen molar-refractivity contribution in [2.45, 2.75) is 31.8 Å². The fourth-order valence-corrected chi connectivity index (χ4v) is 4.41. The maximum atomic E-state index is 12.1. The number of amides is 1. The van der Waals surface area contributed by atoms with E-state index in [1.807, 2.05) is 6.20 Å². The molecule has 4 heterocycles. The Hall–Kier alpha value is -1.77. The summed E-state index contributed by atoms with van der Waals surface area (Å²) in [6.45, 7) is 5.48. The summed E-state index contributed by atoms with van der Waals surface area (Å²) in [4.78, 5) is 18.7. The highest BCUT2D eigenvalue weighted by molar-refractivity contribution is 7.07. The molecular formula is C18H25N5O2S. The molecule has 2 aliphatic heterocycles. The Morgan fingerprint density at radius 2 is 2.27 bits per heavy atom. The summed E-state index contributed by atoms with van der Waals surface area (Å²) in [5, 5.41) is 9.27. The predicted octanol–water partition coefficient (Wildman–Crippen LogP) is 1.94. The van der Waals surface area contributed by atoms with Crippen LogP contribution >= 0.6 is 11.3 Å². The molecule has 2 aromatic heterocycles. The van der Waals surface area contributed by atoms with E-state index in [0.717, 1.165) is 58.0 Å². The minimum absolute atomic E-state index is 0.0955. The predicted molar refractivity (Wildman–Crippen MR) is 99.1 cm³/mol. The minimum Gasteiger partial charge on any atom is -0.381 e. The molecule has 0 aromatic carbocycles. The molecule has 1 atom stereocenters. The zero-order valence-electron chi connectivity index (χ0n) is 14.8. The lowest BCUT2D eigenvalue weighted by atomic mass is 9.98. The van der Waals surface area contributed by atoms with Gasteiger partial charge in [0.05, 0.1) is 17.2 Å². The standard InChI is InChI=1S/C18H25N5O2S/c24-18(17-12-26-13-20-17)19-5-1-15-10-22(9-14-3-7-25-8-4-14)11-16-2-6-21-23(15)16/h2,6,12-15H,1,3-5,7-11H2,(H,19,24). The van der Waals surface area contributed by atoms with Crippen molar-refractivity contribution in [1.29, 1.82) is 0 Å². The number of carbonyl (C=O) groups is 1. The van der Waals surface area contributed by atoms with E-state index in [-0.39, 0.29) is 5.91 Å². The van der Waals surface area contributed by atoms with Gasteiger partial charge in [0.15, 0.2) is 0 Å². The Kier molecular flexibility index (Phi) is 5.62. The average Bonchev–Trinajstić information content (AvgIpc) is 3.34. The first-order valence-electron chi connectivity index (χ1n) is 9.28. The topological polar surface area (TPSA) is 72.3 Å². The number of hydrogen-bond acceptors (Lipinski definition) is 6. The molecule has 1 N–H and O–H groups in total. The van der Waals surface area contributed by atoms with Crippen molar-refractivity contribution >= 4 is 17.2 Å². The fourth-order valence-electron chi connectivity index (χ4n) is 3.88. The van der Waals surface area contributed by atoms with Crippen molar-refractivity contribution in [3.8, 4) is 0 Å². The number of nitrogens with one attached hydrogen (secondary N) is 1. The van der Waals surface area contributed by atoms with Crippen molar-refractivity contribution in [2.24, 2.45) is 5.92 Å². The first-order chi connectivity index (χ1) is 12.8. The number of thiazole rings is 1. The lowest BCUT2D eigenvalue weighted by Gasteiger charge is -2.36. The van der Waals surface area contributed by atoms with Gasteiger partial charge < -0.3 is 10.1 Å². The van der Waals surface area contributed by atoms with Gasteiger partial charge >= 0.3 is 0 Å². The summed E-state index contributed by atoms with van der Waals surface area (Å²) in [6, 6.07) is 2.40. The van der Waals surface area contributed by atoms with Crippen molar-refractivity contribution in [2.75, 3.05) is 32.8 Å². The number of hydrogen-bond donors (Lipinski definition) is 1. The van der Waals surface area contributed by atoms with Gasteiger partial charge in [-0.1, -0.05) is 0 Å². The average molecular weight is 375 g/mol. The molecule has 4 rings (SSSR count). The van der Waals surface area contributed by atoms with Crippen molar-refractivity contribution in [3.63, 3.8) is 0 Å².